The molecule has 1 aliphatic rings. The van der Waals surface area contributed by atoms with Crippen LogP contribution < -0.4 is 10.9 Å². The number of nitrogens with zero attached hydrogens (tertiary/aromatic N) is 6. The summed E-state index contributed by atoms with van der Waals surface area (Å²) in [5.41, 5.74) is 1.39. The number of rotatable bonds is 5. The molecule has 0 aliphatic carbocycles. The van der Waals surface area contributed by atoms with Crippen molar-refractivity contribution in [2.75, 3.05) is 5.32 Å². The molecule has 1 aliphatic heterocycles. The predicted molar refractivity (Wildman–Crippen MR) is 155 cm³/mol. The molecule has 0 unspecified atom stereocenters. The van der Waals surface area contributed by atoms with E-state index >= 15 is 0 Å². The third-order valence-corrected chi connectivity index (χ3v) is 7.71. The van der Waals surface area contributed by atoms with Crippen LogP contribution in [0.4, 0.5) is 19.0 Å². The number of alkyl halides is 3. The molecule has 0 bridgehead atoms. The van der Waals surface area contributed by atoms with Gasteiger partial charge in [0.25, 0.3) is 11.5 Å². The highest BCUT2D eigenvalue weighted by Gasteiger charge is 2.36. The lowest BCUT2D eigenvalue weighted by molar-refractivity contribution is -0.138. The average Bonchev–Trinajstić information content (AvgIpc) is 3.25. The van der Waals surface area contributed by atoms with Crippen molar-refractivity contribution in [1.82, 2.24) is 29.2 Å². The number of benzene rings is 1. The summed E-state index contributed by atoms with van der Waals surface area (Å²) in [5, 5.41) is 7.76. The molecule has 3 aromatic heterocycles. The smallest absolute Gasteiger partial charge is 0.368 e. The van der Waals surface area contributed by atoms with Crippen LogP contribution in [0.1, 0.15) is 59.3 Å². The quantitative estimate of drug-likeness (QED) is 0.303. The van der Waals surface area contributed by atoms with Gasteiger partial charge in [0.2, 0.25) is 5.95 Å². The fourth-order valence-corrected chi connectivity index (χ4v) is 5.54. The first-order valence-corrected chi connectivity index (χ1v) is 14.1. The van der Waals surface area contributed by atoms with Crippen LogP contribution >= 0.6 is 15.9 Å². The summed E-state index contributed by atoms with van der Waals surface area (Å²) in [6, 6.07) is 8.51. The number of aromatic nitrogens is 5. The van der Waals surface area contributed by atoms with Crippen molar-refractivity contribution in [2.45, 2.75) is 65.8 Å². The van der Waals surface area contributed by atoms with Crippen molar-refractivity contribution in [2.24, 2.45) is 0 Å². The molecule has 9 nitrogen and oxygen atoms in total. The summed E-state index contributed by atoms with van der Waals surface area (Å²) in [6.45, 7) is 9.37. The van der Waals surface area contributed by atoms with Gasteiger partial charge in [-0.25, -0.2) is 19.2 Å². The third kappa shape index (κ3) is 5.57. The third-order valence-electron chi connectivity index (χ3n) is 7.02. The zero-order valence-electron chi connectivity index (χ0n) is 23.6. The molecule has 4 heterocycles. The van der Waals surface area contributed by atoms with Gasteiger partial charge in [0.15, 0.2) is 0 Å². The van der Waals surface area contributed by atoms with Gasteiger partial charge < -0.3 is 10.2 Å². The standard InChI is InChI=1S/C29H29BrF3N7O2/c1-15(2)35-25-9-7-20(13-34-25)39-27(42)21-11-17(4)38(14-24(21)36-28(39)40-18(5)10-16(3)37-40)26(41)19-6-8-23(30)22(12-19)29(31,32)33/h6-10,12-13,15,17H,11,14H2,1-5H3,(H,34,35)/t17-/m1/s1. The highest BCUT2D eigenvalue weighted by atomic mass is 79.9. The summed E-state index contributed by atoms with van der Waals surface area (Å²) >= 11 is 2.92. The Labute approximate surface area is 248 Å². The van der Waals surface area contributed by atoms with Crippen molar-refractivity contribution in [3.05, 3.63) is 91.2 Å². The first-order valence-electron chi connectivity index (χ1n) is 13.3. The molecule has 0 radical (unpaired) electrons. The van der Waals surface area contributed by atoms with Gasteiger partial charge in [-0.2, -0.15) is 18.3 Å². The first-order chi connectivity index (χ1) is 19.7. The van der Waals surface area contributed by atoms with Crippen molar-refractivity contribution in [3.63, 3.8) is 0 Å². The van der Waals surface area contributed by atoms with Gasteiger partial charge in [-0.3, -0.25) is 9.59 Å². The Balaban J connectivity index is 1.60. The zero-order chi connectivity index (χ0) is 30.5. The van der Waals surface area contributed by atoms with Crippen molar-refractivity contribution >= 4 is 27.7 Å². The number of aryl methyl sites for hydroxylation is 2. The molecule has 1 aromatic carbocycles. The number of halogens is 4. The van der Waals surface area contributed by atoms with E-state index in [2.05, 4.69) is 31.3 Å². The van der Waals surface area contributed by atoms with Gasteiger partial charge in [0.1, 0.15) is 5.82 Å². The molecule has 1 amide bonds. The molecular formula is C29H29BrF3N7O2. The maximum absolute atomic E-state index is 14.1. The maximum Gasteiger partial charge on any atom is 0.417 e. The molecule has 5 rings (SSSR count). The van der Waals surface area contributed by atoms with E-state index in [4.69, 9.17) is 4.98 Å². The minimum Gasteiger partial charge on any atom is -0.368 e. The second-order valence-corrected chi connectivity index (χ2v) is 11.6. The lowest BCUT2D eigenvalue weighted by atomic mass is 9.98. The van der Waals surface area contributed by atoms with Crippen LogP contribution in [0.15, 0.2) is 51.9 Å². The van der Waals surface area contributed by atoms with Crippen LogP contribution in [-0.2, 0) is 19.1 Å². The molecule has 0 saturated heterocycles. The van der Waals surface area contributed by atoms with E-state index in [0.29, 0.717) is 22.8 Å². The minimum atomic E-state index is -4.63. The monoisotopic (exact) mass is 643 g/mol. The van der Waals surface area contributed by atoms with Gasteiger partial charge in [-0.1, -0.05) is 15.9 Å². The molecule has 220 valence electrons. The average molecular weight is 644 g/mol. The van der Waals surface area contributed by atoms with E-state index in [-0.39, 0.29) is 40.6 Å². The van der Waals surface area contributed by atoms with Gasteiger partial charge in [-0.15, -0.1) is 0 Å². The fourth-order valence-electron chi connectivity index (χ4n) is 5.07. The number of carbonyl (C=O) groups excluding carboxylic acids is 1. The van der Waals surface area contributed by atoms with E-state index in [0.717, 1.165) is 17.5 Å². The number of hydrogen-bond donors (Lipinski definition) is 1. The Kier molecular flexibility index (Phi) is 7.73. The van der Waals surface area contributed by atoms with Crippen molar-refractivity contribution < 1.29 is 18.0 Å². The highest BCUT2D eigenvalue weighted by Crippen LogP contribution is 2.36. The van der Waals surface area contributed by atoms with Crippen LogP contribution in [0.2, 0.25) is 0 Å². The van der Waals surface area contributed by atoms with E-state index in [1.54, 1.807) is 29.9 Å². The number of carbonyl (C=O) groups is 1. The molecule has 4 aromatic rings. The summed E-state index contributed by atoms with van der Waals surface area (Å²) in [7, 11) is 0. The molecule has 42 heavy (non-hydrogen) atoms. The van der Waals surface area contributed by atoms with Crippen molar-refractivity contribution in [1.29, 1.82) is 0 Å². The van der Waals surface area contributed by atoms with Gasteiger partial charge in [-0.05, 0) is 77.4 Å². The van der Waals surface area contributed by atoms with Crippen molar-refractivity contribution in [3.8, 4) is 11.6 Å². The zero-order valence-corrected chi connectivity index (χ0v) is 25.2. The largest absolute Gasteiger partial charge is 0.417 e. The Morgan fingerprint density at radius 1 is 1.14 bits per heavy atom. The van der Waals surface area contributed by atoms with Crippen LogP contribution in [0, 0.1) is 13.8 Å². The van der Waals surface area contributed by atoms with Gasteiger partial charge >= 0.3 is 6.18 Å². The van der Waals surface area contributed by atoms with E-state index in [1.165, 1.54) is 21.6 Å². The topological polar surface area (TPSA) is 97.9 Å². The number of pyridine rings is 1. The molecular weight excluding hydrogens is 615 g/mol. The molecule has 1 atom stereocenters. The maximum atomic E-state index is 14.1. The van der Waals surface area contributed by atoms with Gasteiger partial charge in [0.05, 0.1) is 35.4 Å². The lowest BCUT2D eigenvalue weighted by Gasteiger charge is -2.34. The minimum absolute atomic E-state index is 0.0510. The van der Waals surface area contributed by atoms with E-state index in [9.17, 15) is 22.8 Å². The number of anilines is 1. The van der Waals surface area contributed by atoms with Crippen LogP contribution in [-0.4, -0.2) is 47.2 Å². The van der Waals surface area contributed by atoms with Gasteiger partial charge in [0, 0.05) is 33.4 Å². The SMILES string of the molecule is Cc1cc(C)n(-c2nc3c(c(=O)n2-c2ccc(NC(C)C)nc2)C[C@@H](C)N(C(=O)c2ccc(Br)c(C(F)(F)F)c2)C3)n1. The molecule has 0 fully saturated rings. The lowest BCUT2D eigenvalue weighted by Crippen LogP contribution is -2.46. The number of nitrogens with one attached hydrogen (secondary N) is 1. The molecule has 0 saturated carbocycles. The molecule has 13 heteroatoms. The Morgan fingerprint density at radius 2 is 1.88 bits per heavy atom. The number of amides is 1. The van der Waals surface area contributed by atoms with Crippen LogP contribution in [0.25, 0.3) is 11.6 Å². The summed E-state index contributed by atoms with van der Waals surface area (Å²) in [5.74, 6) is 0.299. The second kappa shape index (κ2) is 11.0. The number of hydrogen-bond acceptors (Lipinski definition) is 6. The molecule has 0 spiro atoms. The summed E-state index contributed by atoms with van der Waals surface area (Å²) in [4.78, 5) is 38.3. The second-order valence-electron chi connectivity index (χ2n) is 10.7. The Hall–Kier alpha value is -4.00. The first kappa shape index (κ1) is 29.5. The van der Waals surface area contributed by atoms with E-state index in [1.807, 2.05) is 33.8 Å². The predicted octanol–water partition coefficient (Wildman–Crippen LogP) is 5.62. The number of fused-ring (bicyclic) bond motifs is 1. The highest BCUT2D eigenvalue weighted by molar-refractivity contribution is 9.10. The fraction of sp³-hybridized carbons (Fsp3) is 0.345. The Bertz CT molecular complexity index is 1730. The van der Waals surface area contributed by atoms with E-state index < -0.39 is 23.7 Å². The van der Waals surface area contributed by atoms with Crippen LogP contribution in [0.3, 0.4) is 0 Å². The molecule has 1 N–H and O–H groups in total. The Morgan fingerprint density at radius 3 is 2.48 bits per heavy atom. The summed E-state index contributed by atoms with van der Waals surface area (Å²) < 4.78 is 43.5. The summed E-state index contributed by atoms with van der Waals surface area (Å²) in [6.07, 6.45) is -2.87. The van der Waals surface area contributed by atoms with Crippen LogP contribution in [0.5, 0.6) is 0 Å². The normalized spacial score (nSPS) is 15.2.